The maximum atomic E-state index is 12.9. The molecule has 0 aliphatic rings. The van der Waals surface area contributed by atoms with Crippen molar-refractivity contribution < 1.29 is 19.1 Å². The summed E-state index contributed by atoms with van der Waals surface area (Å²) in [5, 5.41) is 6.19. The van der Waals surface area contributed by atoms with Crippen LogP contribution in [0.15, 0.2) is 84.1 Å². The fourth-order valence-corrected chi connectivity index (χ4v) is 5.81. The minimum absolute atomic E-state index is 0.178. The van der Waals surface area contributed by atoms with E-state index in [0.717, 1.165) is 27.4 Å². The molecule has 4 rings (SSSR count). The lowest BCUT2D eigenvalue weighted by Crippen LogP contribution is -2.51. The van der Waals surface area contributed by atoms with Crippen molar-refractivity contribution in [3.63, 3.8) is 0 Å². The van der Waals surface area contributed by atoms with Gasteiger partial charge in [0.2, 0.25) is 0 Å². The zero-order valence-electron chi connectivity index (χ0n) is 24.6. The number of ether oxygens (including phenoxy) is 2. The topological polar surface area (TPSA) is 106 Å². The number of nitrogens with zero attached hydrogens (tertiary/aromatic N) is 3. The maximum Gasteiger partial charge on any atom is 0.407 e. The average molecular weight is 622 g/mol. The molecule has 2 heterocycles. The number of benzene rings is 2. The molecule has 43 heavy (non-hydrogen) atoms. The Labute approximate surface area is 261 Å². The monoisotopic (exact) mass is 621 g/mol. The van der Waals surface area contributed by atoms with Crippen molar-refractivity contribution in [2.45, 2.75) is 52.0 Å². The average Bonchev–Trinajstić information content (AvgIpc) is 3.70. The zero-order valence-corrected chi connectivity index (χ0v) is 26.2. The third kappa shape index (κ3) is 12.1. The highest BCUT2D eigenvalue weighted by molar-refractivity contribution is 7.09. The first-order valence-corrected chi connectivity index (χ1v) is 16.1. The molecule has 0 spiro atoms. The smallest absolute Gasteiger partial charge is 0.407 e. The molecular formula is C32H39N5O4S2. The van der Waals surface area contributed by atoms with Gasteiger partial charge >= 0.3 is 12.2 Å². The maximum absolute atomic E-state index is 12.9. The number of alkyl carbamates (subject to hydrolysis) is 2. The van der Waals surface area contributed by atoms with Crippen LogP contribution in [0.25, 0.3) is 0 Å². The summed E-state index contributed by atoms with van der Waals surface area (Å²) in [6.07, 6.45) is 3.74. The first-order valence-electron chi connectivity index (χ1n) is 14.3. The van der Waals surface area contributed by atoms with E-state index < -0.39 is 12.2 Å². The Kier molecular flexibility index (Phi) is 13.0. The van der Waals surface area contributed by atoms with Crippen LogP contribution in [-0.4, -0.2) is 58.8 Å². The van der Waals surface area contributed by atoms with Gasteiger partial charge in [0.05, 0.1) is 20.8 Å². The van der Waals surface area contributed by atoms with Gasteiger partial charge in [-0.1, -0.05) is 74.5 Å². The quantitative estimate of drug-likeness (QED) is 0.160. The highest BCUT2D eigenvalue weighted by Gasteiger charge is 2.23. The van der Waals surface area contributed by atoms with Gasteiger partial charge in [0.15, 0.2) is 0 Å². The molecule has 0 bridgehead atoms. The third-order valence-corrected chi connectivity index (χ3v) is 8.04. The van der Waals surface area contributed by atoms with Gasteiger partial charge in [0.1, 0.15) is 13.2 Å². The van der Waals surface area contributed by atoms with Crippen molar-refractivity contribution in [1.29, 1.82) is 0 Å². The number of hydrogen-bond acceptors (Lipinski definition) is 9. The van der Waals surface area contributed by atoms with E-state index in [1.54, 1.807) is 23.4 Å². The lowest BCUT2D eigenvalue weighted by molar-refractivity contribution is 0.125. The number of amides is 2. The third-order valence-electron chi connectivity index (χ3n) is 6.53. The van der Waals surface area contributed by atoms with Crippen LogP contribution in [-0.2, 0) is 35.5 Å². The number of carbonyl (C=O) groups excluding carboxylic acids is 2. The van der Waals surface area contributed by atoms with E-state index in [9.17, 15) is 9.59 Å². The van der Waals surface area contributed by atoms with E-state index >= 15 is 0 Å². The van der Waals surface area contributed by atoms with Gasteiger partial charge in [-0.15, -0.1) is 22.7 Å². The van der Waals surface area contributed by atoms with Crippen LogP contribution in [0.3, 0.4) is 0 Å². The predicted molar refractivity (Wildman–Crippen MR) is 170 cm³/mol. The second kappa shape index (κ2) is 17.3. The number of hydrogen-bond donors (Lipinski definition) is 2. The Balaban J connectivity index is 1.46. The summed E-state index contributed by atoms with van der Waals surface area (Å²) in [7, 11) is 0. The summed E-state index contributed by atoms with van der Waals surface area (Å²) in [6.45, 7) is 6.62. The van der Waals surface area contributed by atoms with Gasteiger partial charge in [-0.3, -0.25) is 14.9 Å². The molecule has 2 atom stereocenters. The molecule has 4 aromatic rings. The van der Waals surface area contributed by atoms with Crippen LogP contribution in [0.4, 0.5) is 9.59 Å². The summed E-state index contributed by atoms with van der Waals surface area (Å²) in [4.78, 5) is 37.9. The van der Waals surface area contributed by atoms with E-state index in [2.05, 4.69) is 63.6 Å². The molecule has 11 heteroatoms. The zero-order chi connectivity index (χ0) is 30.3. The Hall–Kier alpha value is -3.80. The van der Waals surface area contributed by atoms with Crippen LogP contribution in [0.1, 0.15) is 34.7 Å². The first kappa shape index (κ1) is 32.1. The van der Waals surface area contributed by atoms with Gasteiger partial charge in [0.25, 0.3) is 0 Å². The number of thiazole rings is 2. The normalized spacial score (nSPS) is 12.6. The van der Waals surface area contributed by atoms with E-state index in [0.29, 0.717) is 31.8 Å². The molecule has 0 fully saturated rings. The molecule has 2 aromatic carbocycles. The minimum Gasteiger partial charge on any atom is -0.444 e. The van der Waals surface area contributed by atoms with Crippen molar-refractivity contribution >= 4 is 34.9 Å². The molecule has 9 nitrogen and oxygen atoms in total. The molecule has 0 aliphatic heterocycles. The SMILES string of the molecule is CC(C)CN(C[C@@H](Cc1ccccc1)NC(=O)OCc1cncs1)C[C@H](Cc1ccccc1)NC(=O)OCc1cncs1. The van der Waals surface area contributed by atoms with Crippen LogP contribution in [0, 0.1) is 5.92 Å². The van der Waals surface area contributed by atoms with Crippen molar-refractivity contribution in [1.82, 2.24) is 25.5 Å². The summed E-state index contributed by atoms with van der Waals surface area (Å²) in [6, 6.07) is 19.8. The second-order valence-corrected chi connectivity index (χ2v) is 12.7. The van der Waals surface area contributed by atoms with Crippen LogP contribution >= 0.6 is 22.7 Å². The minimum atomic E-state index is -0.468. The summed E-state index contributed by atoms with van der Waals surface area (Å²) in [5.74, 6) is 0.367. The molecule has 2 amide bonds. The molecule has 0 aliphatic carbocycles. The van der Waals surface area contributed by atoms with E-state index in [1.165, 1.54) is 22.7 Å². The van der Waals surface area contributed by atoms with Crippen LogP contribution < -0.4 is 10.6 Å². The van der Waals surface area contributed by atoms with Crippen molar-refractivity contribution in [2.24, 2.45) is 5.92 Å². The van der Waals surface area contributed by atoms with Crippen LogP contribution in [0.5, 0.6) is 0 Å². The van der Waals surface area contributed by atoms with Gasteiger partial charge in [-0.2, -0.15) is 0 Å². The Morgan fingerprint density at radius 2 is 1.16 bits per heavy atom. The number of carbonyl (C=O) groups is 2. The number of nitrogens with one attached hydrogen (secondary N) is 2. The molecule has 0 radical (unpaired) electrons. The molecule has 2 aromatic heterocycles. The summed E-state index contributed by atoms with van der Waals surface area (Å²) in [5.41, 5.74) is 5.66. The fraction of sp³-hybridized carbons (Fsp3) is 0.375. The van der Waals surface area contributed by atoms with Crippen LogP contribution in [0.2, 0.25) is 0 Å². The van der Waals surface area contributed by atoms with Gasteiger partial charge in [-0.05, 0) is 29.9 Å². The molecule has 0 unspecified atom stereocenters. The standard InChI is InChI=1S/C32H39N5O4S2/c1-24(2)17-37(18-27(13-25-9-5-3-6-10-25)35-31(38)40-20-29-15-33-22-42-29)19-28(14-26-11-7-4-8-12-26)36-32(39)41-21-30-16-34-23-43-30/h3-12,15-16,22-24,27-28H,13-14,17-21H2,1-2H3,(H,35,38)(H,36,39)/t27-,28+. The Morgan fingerprint density at radius 1 is 0.721 bits per heavy atom. The first-order chi connectivity index (χ1) is 20.9. The van der Waals surface area contributed by atoms with Crippen molar-refractivity contribution in [3.05, 3.63) is 105 Å². The highest BCUT2D eigenvalue weighted by atomic mass is 32.1. The van der Waals surface area contributed by atoms with E-state index in [-0.39, 0.29) is 25.3 Å². The molecular weight excluding hydrogens is 583 g/mol. The summed E-state index contributed by atoms with van der Waals surface area (Å²) >= 11 is 2.89. The van der Waals surface area contributed by atoms with Gasteiger partial charge < -0.3 is 20.1 Å². The lowest BCUT2D eigenvalue weighted by atomic mass is 10.0. The predicted octanol–water partition coefficient (Wildman–Crippen LogP) is 5.93. The number of aromatic nitrogens is 2. The molecule has 0 saturated heterocycles. The fourth-order valence-electron chi connectivity index (χ4n) is 4.80. The largest absolute Gasteiger partial charge is 0.444 e. The highest BCUT2D eigenvalue weighted by Crippen LogP contribution is 2.13. The molecule has 228 valence electrons. The van der Waals surface area contributed by atoms with Crippen molar-refractivity contribution in [2.75, 3.05) is 19.6 Å². The van der Waals surface area contributed by atoms with E-state index in [1.807, 2.05) is 36.4 Å². The van der Waals surface area contributed by atoms with Crippen molar-refractivity contribution in [3.8, 4) is 0 Å². The Bertz CT molecular complexity index is 1240. The lowest BCUT2D eigenvalue weighted by Gasteiger charge is -2.32. The second-order valence-electron chi connectivity index (χ2n) is 10.8. The van der Waals surface area contributed by atoms with Gasteiger partial charge in [0, 0.05) is 44.1 Å². The Morgan fingerprint density at radius 3 is 1.53 bits per heavy atom. The molecule has 2 N–H and O–H groups in total. The molecule has 0 saturated carbocycles. The number of rotatable bonds is 16. The summed E-state index contributed by atoms with van der Waals surface area (Å²) < 4.78 is 11.0. The van der Waals surface area contributed by atoms with E-state index in [4.69, 9.17) is 9.47 Å². The van der Waals surface area contributed by atoms with Gasteiger partial charge in [-0.25, -0.2) is 9.59 Å².